The second kappa shape index (κ2) is 5.01. The summed E-state index contributed by atoms with van der Waals surface area (Å²) in [6.07, 6.45) is 0. The molecular weight excluding hydrogens is 347 g/mol. The van der Waals surface area contributed by atoms with Crippen molar-refractivity contribution in [3.63, 3.8) is 0 Å². The zero-order valence-corrected chi connectivity index (χ0v) is 14.1. The number of nitrogens with zero attached hydrogens (tertiary/aromatic N) is 1. The van der Waals surface area contributed by atoms with Gasteiger partial charge in [-0.05, 0) is 79.4 Å². The van der Waals surface area contributed by atoms with Crippen LogP contribution in [0.25, 0.3) is 0 Å². The molecule has 3 heteroatoms. The monoisotopic (exact) mass is 370 g/mol. The minimum absolute atomic E-state index is 0.302. The lowest BCUT2D eigenvalue weighted by Gasteiger charge is -2.40. The average Bonchev–Trinajstić information content (AvgIpc) is 2.92. The van der Waals surface area contributed by atoms with E-state index < -0.39 is 0 Å². The van der Waals surface area contributed by atoms with Crippen LogP contribution in [-0.2, 0) is 0 Å². The van der Waals surface area contributed by atoms with Crippen LogP contribution in [-0.4, -0.2) is 30.1 Å². The Kier molecular flexibility index (Phi) is 3.65. The van der Waals surface area contributed by atoms with Crippen LogP contribution in [0, 0.1) is 15.4 Å². The molecule has 0 aliphatic carbocycles. The largest absolute Gasteiger partial charge is 0.316 e. The molecule has 1 aromatic rings. The van der Waals surface area contributed by atoms with E-state index in [1.165, 1.54) is 28.8 Å². The highest BCUT2D eigenvalue weighted by molar-refractivity contribution is 14.1. The average molecular weight is 370 g/mol. The molecule has 2 heterocycles. The van der Waals surface area contributed by atoms with Crippen molar-refractivity contribution in [3.05, 3.63) is 33.4 Å². The zero-order chi connectivity index (χ0) is 13.6. The van der Waals surface area contributed by atoms with Crippen molar-refractivity contribution >= 4 is 22.6 Å². The molecular formula is C16H23IN2. The van der Waals surface area contributed by atoms with Crippen molar-refractivity contribution in [3.8, 4) is 0 Å². The molecule has 0 radical (unpaired) electrons. The van der Waals surface area contributed by atoms with Crippen LogP contribution in [0.5, 0.6) is 0 Å². The van der Waals surface area contributed by atoms with Crippen molar-refractivity contribution in [2.75, 3.05) is 19.6 Å². The lowest BCUT2D eigenvalue weighted by molar-refractivity contribution is 0.0970. The Morgan fingerprint density at radius 1 is 1.26 bits per heavy atom. The third-order valence-electron chi connectivity index (χ3n) is 5.24. The molecule has 104 valence electrons. The maximum Gasteiger partial charge on any atom is 0.0325 e. The summed E-state index contributed by atoms with van der Waals surface area (Å²) in [5.74, 6) is 1.64. The lowest BCUT2D eigenvalue weighted by atomic mass is 9.84. The smallest absolute Gasteiger partial charge is 0.0325 e. The molecule has 0 spiro atoms. The van der Waals surface area contributed by atoms with Gasteiger partial charge in [-0.15, -0.1) is 0 Å². The third-order valence-corrected chi connectivity index (χ3v) is 5.96. The molecule has 0 bridgehead atoms. The van der Waals surface area contributed by atoms with E-state index in [0.717, 1.165) is 11.8 Å². The van der Waals surface area contributed by atoms with Crippen LogP contribution in [0.4, 0.5) is 0 Å². The van der Waals surface area contributed by atoms with E-state index in [4.69, 9.17) is 0 Å². The predicted molar refractivity (Wildman–Crippen MR) is 88.2 cm³/mol. The molecule has 0 amide bonds. The summed E-state index contributed by atoms with van der Waals surface area (Å²) < 4.78 is 1.32. The Balaban J connectivity index is 1.84. The molecule has 2 fully saturated rings. The van der Waals surface area contributed by atoms with E-state index in [1.807, 2.05) is 0 Å². The number of halogens is 1. The van der Waals surface area contributed by atoms with Gasteiger partial charge in [-0.3, -0.25) is 4.90 Å². The summed E-state index contributed by atoms with van der Waals surface area (Å²) in [7, 11) is 0. The van der Waals surface area contributed by atoms with E-state index in [1.54, 1.807) is 0 Å². The number of likely N-dealkylation sites (tertiary alicyclic amines) is 1. The highest BCUT2D eigenvalue weighted by Gasteiger charge is 2.50. The van der Waals surface area contributed by atoms with E-state index in [2.05, 4.69) is 77.8 Å². The van der Waals surface area contributed by atoms with Gasteiger partial charge < -0.3 is 5.32 Å². The highest BCUT2D eigenvalue weighted by atomic mass is 127. The standard InChI is InChI=1S/C16H23IN2/c1-11(12-4-6-14(17)7-5-12)19-10-13-8-18-9-15(13)16(19,2)3/h4-7,11,13,15,18H,8-10H2,1-3H3. The second-order valence-electron chi connectivity index (χ2n) is 6.56. The van der Waals surface area contributed by atoms with Gasteiger partial charge in [0.05, 0.1) is 0 Å². The van der Waals surface area contributed by atoms with Crippen molar-refractivity contribution < 1.29 is 0 Å². The Morgan fingerprint density at radius 3 is 2.58 bits per heavy atom. The van der Waals surface area contributed by atoms with Crippen LogP contribution < -0.4 is 5.32 Å². The molecule has 1 N–H and O–H groups in total. The fourth-order valence-corrected chi connectivity index (χ4v) is 4.39. The van der Waals surface area contributed by atoms with Gasteiger partial charge in [0.15, 0.2) is 0 Å². The quantitative estimate of drug-likeness (QED) is 0.804. The number of benzene rings is 1. The number of hydrogen-bond acceptors (Lipinski definition) is 2. The minimum Gasteiger partial charge on any atom is -0.316 e. The molecule has 2 saturated heterocycles. The van der Waals surface area contributed by atoms with E-state index in [0.29, 0.717) is 11.6 Å². The Morgan fingerprint density at radius 2 is 1.95 bits per heavy atom. The summed E-state index contributed by atoms with van der Waals surface area (Å²) in [6, 6.07) is 9.52. The molecule has 2 nitrogen and oxygen atoms in total. The summed E-state index contributed by atoms with van der Waals surface area (Å²) in [4.78, 5) is 2.71. The van der Waals surface area contributed by atoms with E-state index in [9.17, 15) is 0 Å². The summed E-state index contributed by atoms with van der Waals surface area (Å²) in [6.45, 7) is 10.8. The van der Waals surface area contributed by atoms with Crippen molar-refractivity contribution in [2.45, 2.75) is 32.4 Å². The van der Waals surface area contributed by atoms with Gasteiger partial charge in [0.25, 0.3) is 0 Å². The minimum atomic E-state index is 0.302. The first-order chi connectivity index (χ1) is 9.00. The second-order valence-corrected chi connectivity index (χ2v) is 7.80. The maximum atomic E-state index is 3.56. The first kappa shape index (κ1) is 13.8. The number of nitrogens with one attached hydrogen (secondary N) is 1. The first-order valence-electron chi connectivity index (χ1n) is 7.23. The SMILES string of the molecule is CC(c1ccc(I)cc1)N1CC2CNCC2C1(C)C. The van der Waals surface area contributed by atoms with Gasteiger partial charge >= 0.3 is 0 Å². The van der Waals surface area contributed by atoms with Crippen LogP contribution in [0.3, 0.4) is 0 Å². The van der Waals surface area contributed by atoms with Crippen molar-refractivity contribution in [1.82, 2.24) is 10.2 Å². The van der Waals surface area contributed by atoms with Gasteiger partial charge in [-0.2, -0.15) is 0 Å². The van der Waals surface area contributed by atoms with Crippen LogP contribution >= 0.6 is 22.6 Å². The fourth-order valence-electron chi connectivity index (χ4n) is 4.03. The number of hydrogen-bond donors (Lipinski definition) is 1. The Bertz CT molecular complexity index is 454. The van der Waals surface area contributed by atoms with Gasteiger partial charge in [-0.25, -0.2) is 0 Å². The van der Waals surface area contributed by atoms with Gasteiger partial charge in [0.1, 0.15) is 0 Å². The summed E-state index contributed by atoms with van der Waals surface area (Å²) >= 11 is 2.37. The van der Waals surface area contributed by atoms with Gasteiger partial charge in [0, 0.05) is 28.2 Å². The van der Waals surface area contributed by atoms with E-state index in [-0.39, 0.29) is 0 Å². The molecule has 3 unspecified atom stereocenters. The van der Waals surface area contributed by atoms with Crippen LogP contribution in [0.2, 0.25) is 0 Å². The predicted octanol–water partition coefficient (Wildman–Crippen LogP) is 3.28. The topological polar surface area (TPSA) is 15.3 Å². The molecule has 19 heavy (non-hydrogen) atoms. The molecule has 3 atom stereocenters. The zero-order valence-electron chi connectivity index (χ0n) is 12.0. The van der Waals surface area contributed by atoms with Gasteiger partial charge in [-0.1, -0.05) is 12.1 Å². The third kappa shape index (κ3) is 2.34. The summed E-state index contributed by atoms with van der Waals surface area (Å²) in [5.41, 5.74) is 1.75. The number of rotatable bonds is 2. The van der Waals surface area contributed by atoms with Crippen molar-refractivity contribution in [2.24, 2.45) is 11.8 Å². The first-order valence-corrected chi connectivity index (χ1v) is 8.31. The molecule has 0 aromatic heterocycles. The summed E-state index contributed by atoms with van der Waals surface area (Å²) in [5, 5.41) is 3.56. The maximum absolute atomic E-state index is 3.56. The van der Waals surface area contributed by atoms with E-state index >= 15 is 0 Å². The molecule has 1 aromatic carbocycles. The van der Waals surface area contributed by atoms with Crippen LogP contribution in [0.15, 0.2) is 24.3 Å². The highest BCUT2D eigenvalue weighted by Crippen LogP contribution is 2.44. The Labute approximate surface area is 130 Å². The van der Waals surface area contributed by atoms with Crippen LogP contribution in [0.1, 0.15) is 32.4 Å². The Hall–Kier alpha value is -0.130. The van der Waals surface area contributed by atoms with Gasteiger partial charge in [0.2, 0.25) is 0 Å². The molecule has 2 aliphatic rings. The molecule has 3 rings (SSSR count). The normalized spacial score (nSPS) is 31.4. The van der Waals surface area contributed by atoms with Crippen molar-refractivity contribution in [1.29, 1.82) is 0 Å². The molecule has 0 saturated carbocycles. The number of fused-ring (bicyclic) bond motifs is 1. The fraction of sp³-hybridized carbons (Fsp3) is 0.625. The molecule has 2 aliphatic heterocycles. The lowest BCUT2D eigenvalue weighted by Crippen LogP contribution is -2.45.